The van der Waals surface area contributed by atoms with Gasteiger partial charge < -0.3 is 0 Å². The predicted molar refractivity (Wildman–Crippen MR) is 114 cm³/mol. The van der Waals surface area contributed by atoms with Gasteiger partial charge in [0.1, 0.15) is 11.6 Å². The molecule has 0 saturated heterocycles. The van der Waals surface area contributed by atoms with Crippen LogP contribution >= 0.6 is 11.6 Å². The Morgan fingerprint density at radius 3 is 2.57 bits per heavy atom. The van der Waals surface area contributed by atoms with Gasteiger partial charge in [-0.25, -0.2) is 21.9 Å². The van der Waals surface area contributed by atoms with E-state index in [-0.39, 0.29) is 27.8 Å². The first kappa shape index (κ1) is 22.8. The number of Topliss-reactive ketones (excluding diaryl/α,β-unsaturated/α-hetero) is 1. The van der Waals surface area contributed by atoms with Crippen LogP contribution in [0.25, 0.3) is 11.1 Å². The van der Waals surface area contributed by atoms with E-state index < -0.39 is 34.0 Å². The number of ketones is 1. The fourth-order valence-electron chi connectivity index (χ4n) is 3.85. The van der Waals surface area contributed by atoms with Gasteiger partial charge in [0.15, 0.2) is 5.78 Å². The van der Waals surface area contributed by atoms with Crippen LogP contribution in [0.2, 0.25) is 5.02 Å². The maximum atomic E-state index is 14.6. The molecule has 1 saturated carbocycles. The lowest BCUT2D eigenvalue weighted by Crippen LogP contribution is -2.34. The first-order valence-electron chi connectivity index (χ1n) is 9.93. The Kier molecular flexibility index (Phi) is 7.26. The van der Waals surface area contributed by atoms with Crippen molar-refractivity contribution in [2.24, 2.45) is 5.92 Å². The maximum absolute atomic E-state index is 14.6. The van der Waals surface area contributed by atoms with E-state index in [0.29, 0.717) is 11.1 Å². The van der Waals surface area contributed by atoms with Crippen LogP contribution in [-0.2, 0) is 10.0 Å². The van der Waals surface area contributed by atoms with Crippen LogP contribution in [0.15, 0.2) is 30.3 Å². The van der Waals surface area contributed by atoms with Gasteiger partial charge in [-0.1, -0.05) is 43.0 Å². The Bertz CT molecular complexity index is 1050. The molecular formula is C22H24ClF2NO3S. The average molecular weight is 456 g/mol. The molecule has 30 heavy (non-hydrogen) atoms. The first-order chi connectivity index (χ1) is 14.2. The second-order valence-corrected chi connectivity index (χ2v) is 10.0. The largest absolute Gasteiger partial charge is 0.293 e. The molecule has 2 aromatic rings. The fraction of sp³-hybridized carbons (Fsp3) is 0.409. The standard InChI is InChI=1S/C22H24ClF2NO3S/c1-14-10-16(17-8-5-9-19(24)21(17)23)11-18(22(14)25)20(27)12-26-30(28,29)13-15-6-3-2-4-7-15/h5,8-11,15,26H,2-4,6-7,12-13H2,1H3. The van der Waals surface area contributed by atoms with Crippen molar-refractivity contribution in [2.75, 3.05) is 12.3 Å². The van der Waals surface area contributed by atoms with E-state index in [1.807, 2.05) is 0 Å². The van der Waals surface area contributed by atoms with Crippen molar-refractivity contribution in [2.45, 2.75) is 39.0 Å². The number of rotatable bonds is 7. The lowest BCUT2D eigenvalue weighted by atomic mass is 9.91. The van der Waals surface area contributed by atoms with Gasteiger partial charge in [-0.05, 0) is 55.0 Å². The molecule has 0 unspecified atom stereocenters. The highest BCUT2D eigenvalue weighted by Crippen LogP contribution is 2.32. The van der Waals surface area contributed by atoms with Crippen molar-refractivity contribution in [3.63, 3.8) is 0 Å². The van der Waals surface area contributed by atoms with E-state index in [1.165, 1.54) is 31.2 Å². The minimum atomic E-state index is -3.65. The lowest BCUT2D eigenvalue weighted by molar-refractivity contribution is 0.0993. The third-order valence-corrected chi connectivity index (χ3v) is 7.33. The monoisotopic (exact) mass is 455 g/mol. The number of carbonyl (C=O) groups is 1. The van der Waals surface area contributed by atoms with Gasteiger partial charge in [-0.15, -0.1) is 0 Å². The highest BCUT2D eigenvalue weighted by atomic mass is 35.5. The molecule has 162 valence electrons. The smallest absolute Gasteiger partial charge is 0.212 e. The molecule has 0 heterocycles. The van der Waals surface area contributed by atoms with Crippen LogP contribution in [0, 0.1) is 24.5 Å². The minimum absolute atomic E-state index is 0.0271. The van der Waals surface area contributed by atoms with Gasteiger partial charge in [0, 0.05) is 5.56 Å². The van der Waals surface area contributed by atoms with Crippen LogP contribution in [-0.4, -0.2) is 26.5 Å². The number of carbonyl (C=O) groups excluding carboxylic acids is 1. The molecular weight excluding hydrogens is 432 g/mol. The summed E-state index contributed by atoms with van der Waals surface area (Å²) in [5, 5.41) is -0.130. The molecule has 2 aromatic carbocycles. The summed E-state index contributed by atoms with van der Waals surface area (Å²) >= 11 is 6.02. The topological polar surface area (TPSA) is 63.2 Å². The number of nitrogens with one attached hydrogen (secondary N) is 1. The van der Waals surface area contributed by atoms with Crippen molar-refractivity contribution < 1.29 is 22.0 Å². The number of hydrogen-bond acceptors (Lipinski definition) is 3. The van der Waals surface area contributed by atoms with Crippen molar-refractivity contribution >= 4 is 27.4 Å². The molecule has 0 aliphatic heterocycles. The third-order valence-electron chi connectivity index (χ3n) is 5.45. The first-order valence-corrected chi connectivity index (χ1v) is 12.0. The minimum Gasteiger partial charge on any atom is -0.293 e. The zero-order valence-corrected chi connectivity index (χ0v) is 18.3. The van der Waals surface area contributed by atoms with Crippen LogP contribution in [0.3, 0.4) is 0 Å². The quantitative estimate of drug-likeness (QED) is 0.578. The SMILES string of the molecule is Cc1cc(-c2cccc(F)c2Cl)cc(C(=O)CNS(=O)(=O)CC2CCCCC2)c1F. The summed E-state index contributed by atoms with van der Waals surface area (Å²) in [5.74, 6) is -2.00. The molecule has 0 spiro atoms. The summed E-state index contributed by atoms with van der Waals surface area (Å²) in [5.41, 5.74) is 0.630. The molecule has 4 nitrogen and oxygen atoms in total. The summed E-state index contributed by atoms with van der Waals surface area (Å²) in [6.45, 7) is 0.946. The molecule has 1 aliphatic rings. The molecule has 3 rings (SSSR count). The van der Waals surface area contributed by atoms with Crippen LogP contribution < -0.4 is 4.72 Å². The van der Waals surface area contributed by atoms with E-state index in [2.05, 4.69) is 4.72 Å². The van der Waals surface area contributed by atoms with Gasteiger partial charge in [0.25, 0.3) is 0 Å². The van der Waals surface area contributed by atoms with Crippen molar-refractivity contribution in [3.05, 3.63) is 58.1 Å². The summed E-state index contributed by atoms with van der Waals surface area (Å²) in [7, 11) is -3.65. The zero-order chi connectivity index (χ0) is 21.9. The summed E-state index contributed by atoms with van der Waals surface area (Å²) in [6.07, 6.45) is 4.86. The number of sulfonamides is 1. The van der Waals surface area contributed by atoms with Crippen LogP contribution in [0.5, 0.6) is 0 Å². The second kappa shape index (κ2) is 9.54. The Labute approximate surface area is 180 Å². The second-order valence-electron chi connectivity index (χ2n) is 7.79. The number of aryl methyl sites for hydroxylation is 1. The van der Waals surface area contributed by atoms with Gasteiger partial charge in [-0.3, -0.25) is 4.79 Å². The zero-order valence-electron chi connectivity index (χ0n) is 16.7. The van der Waals surface area contributed by atoms with Crippen molar-refractivity contribution in [3.8, 4) is 11.1 Å². The van der Waals surface area contributed by atoms with Crippen LogP contribution in [0.4, 0.5) is 8.78 Å². The Morgan fingerprint density at radius 2 is 1.87 bits per heavy atom. The highest BCUT2D eigenvalue weighted by Gasteiger charge is 2.23. The van der Waals surface area contributed by atoms with E-state index in [9.17, 15) is 22.0 Å². The Morgan fingerprint density at radius 1 is 1.17 bits per heavy atom. The molecule has 0 aromatic heterocycles. The number of hydrogen-bond donors (Lipinski definition) is 1. The van der Waals surface area contributed by atoms with Gasteiger partial charge >= 0.3 is 0 Å². The molecule has 0 atom stereocenters. The molecule has 0 amide bonds. The van der Waals surface area contributed by atoms with E-state index in [0.717, 1.165) is 32.1 Å². The maximum Gasteiger partial charge on any atom is 0.212 e. The normalized spacial score (nSPS) is 15.3. The van der Waals surface area contributed by atoms with E-state index in [1.54, 1.807) is 6.07 Å². The predicted octanol–water partition coefficient (Wildman–Crippen LogP) is 5.28. The molecule has 0 radical (unpaired) electrons. The molecule has 8 heteroatoms. The van der Waals surface area contributed by atoms with Gasteiger partial charge in [-0.2, -0.15) is 0 Å². The summed E-state index contributed by atoms with van der Waals surface area (Å²) < 4.78 is 55.4. The lowest BCUT2D eigenvalue weighted by Gasteiger charge is -2.21. The van der Waals surface area contributed by atoms with E-state index >= 15 is 0 Å². The van der Waals surface area contributed by atoms with Crippen molar-refractivity contribution in [1.82, 2.24) is 4.72 Å². The van der Waals surface area contributed by atoms with Crippen molar-refractivity contribution in [1.29, 1.82) is 0 Å². The van der Waals surface area contributed by atoms with E-state index in [4.69, 9.17) is 11.6 Å². The summed E-state index contributed by atoms with van der Waals surface area (Å²) in [4.78, 5) is 12.6. The molecule has 1 N–H and O–H groups in total. The average Bonchev–Trinajstić information content (AvgIpc) is 2.71. The third kappa shape index (κ3) is 5.45. The Hall–Kier alpha value is -1.83. The van der Waals surface area contributed by atoms with Gasteiger partial charge in [0.05, 0.1) is 22.9 Å². The number of halogens is 3. The number of benzene rings is 2. The Balaban J connectivity index is 1.78. The van der Waals surface area contributed by atoms with Crippen LogP contribution in [0.1, 0.15) is 48.0 Å². The molecule has 0 bridgehead atoms. The highest BCUT2D eigenvalue weighted by molar-refractivity contribution is 7.89. The molecule has 1 fully saturated rings. The van der Waals surface area contributed by atoms with Gasteiger partial charge in [0.2, 0.25) is 10.0 Å². The molecule has 1 aliphatic carbocycles. The summed E-state index contributed by atoms with van der Waals surface area (Å²) in [6, 6.07) is 6.99. The fourth-order valence-corrected chi connectivity index (χ4v) is 5.51.